The third-order valence-corrected chi connectivity index (χ3v) is 6.75. The van der Waals surface area contributed by atoms with Crippen LogP contribution in [0.5, 0.6) is 5.75 Å². The van der Waals surface area contributed by atoms with E-state index in [-0.39, 0.29) is 39.6 Å². The number of rotatable bonds is 3. The van der Waals surface area contributed by atoms with Crippen LogP contribution < -0.4 is 10.5 Å². The Kier molecular flexibility index (Phi) is 7.86. The molecule has 1 saturated heterocycles. The number of nitrogen functional groups attached to an aromatic ring is 1. The fourth-order valence-corrected chi connectivity index (χ4v) is 4.93. The molecule has 5 heteroatoms. The average Bonchev–Trinajstić information content (AvgIpc) is 3.03. The first-order chi connectivity index (χ1) is 12.9. The Bertz CT molecular complexity index is 809. The number of ether oxygens (including phenoxy) is 1. The number of anilines is 1. The van der Waals surface area contributed by atoms with Crippen LogP contribution in [0.1, 0.15) is 53.5 Å². The number of likely N-dealkylation sites (tertiary alicyclic amines) is 1. The van der Waals surface area contributed by atoms with Crippen molar-refractivity contribution in [2.24, 2.45) is 0 Å². The van der Waals surface area contributed by atoms with Gasteiger partial charge < -0.3 is 10.5 Å². The van der Waals surface area contributed by atoms with Crippen LogP contribution >= 0.6 is 34.0 Å². The minimum atomic E-state index is -0.155. The van der Waals surface area contributed by atoms with Crippen LogP contribution in [0, 0.1) is 20.8 Å². The predicted octanol–water partition coefficient (Wildman–Crippen LogP) is 5.92. The fourth-order valence-electron chi connectivity index (χ4n) is 4.93. The van der Waals surface area contributed by atoms with E-state index in [0.29, 0.717) is 5.92 Å². The van der Waals surface area contributed by atoms with Crippen LogP contribution in [0.4, 0.5) is 5.69 Å². The average molecular weight is 526 g/mol. The largest absolute Gasteiger partial charge is 0.485 e. The lowest BCUT2D eigenvalue weighted by Crippen LogP contribution is -2.47. The lowest BCUT2D eigenvalue weighted by molar-refractivity contribution is 0.0523. The minimum Gasteiger partial charge on any atom is -0.485 e. The molecule has 160 valence electrons. The van der Waals surface area contributed by atoms with Gasteiger partial charge in [-0.1, -0.05) is 30.3 Å². The fraction of sp³-hybridized carbons (Fsp3) is 0.500. The first-order valence-corrected chi connectivity index (χ1v) is 10.2. The van der Waals surface area contributed by atoms with Crippen LogP contribution in [0.3, 0.4) is 0 Å². The van der Waals surface area contributed by atoms with Gasteiger partial charge in [0.1, 0.15) is 11.4 Å². The molecule has 2 aromatic rings. The lowest BCUT2D eigenvalue weighted by atomic mass is 9.88. The number of hydrogen-bond donors (Lipinski definition) is 1. The maximum atomic E-state index is 6.56. The van der Waals surface area contributed by atoms with E-state index in [2.05, 4.69) is 62.9 Å². The van der Waals surface area contributed by atoms with E-state index in [1.54, 1.807) is 0 Å². The maximum absolute atomic E-state index is 6.56. The summed E-state index contributed by atoms with van der Waals surface area (Å²) < 4.78 is 6.56. The summed E-state index contributed by atoms with van der Waals surface area (Å²) in [5, 5.41) is 0. The molecule has 2 aliphatic heterocycles. The summed E-state index contributed by atoms with van der Waals surface area (Å²) in [4.78, 5) is 2.59. The summed E-state index contributed by atoms with van der Waals surface area (Å²) in [6.07, 6.45) is 3.42. The number of piperidine rings is 1. The van der Waals surface area contributed by atoms with Crippen molar-refractivity contribution < 1.29 is 4.74 Å². The Hall–Kier alpha value is -1.04. The van der Waals surface area contributed by atoms with E-state index in [1.165, 1.54) is 40.7 Å². The molecule has 2 N–H and O–H groups in total. The molecule has 1 atom stereocenters. The second kappa shape index (κ2) is 9.40. The highest BCUT2D eigenvalue weighted by molar-refractivity contribution is 8.93. The number of halogens is 2. The first-order valence-electron chi connectivity index (χ1n) is 10.2. The second-order valence-corrected chi connectivity index (χ2v) is 8.79. The molecule has 0 bridgehead atoms. The lowest BCUT2D eigenvalue weighted by Gasteiger charge is -2.37. The van der Waals surface area contributed by atoms with Gasteiger partial charge in [0.05, 0.1) is 0 Å². The minimum absolute atomic E-state index is 0. The van der Waals surface area contributed by atoms with Crippen molar-refractivity contribution >= 4 is 39.7 Å². The number of hydrogen-bond acceptors (Lipinski definition) is 3. The van der Waals surface area contributed by atoms with Gasteiger partial charge >= 0.3 is 0 Å². The summed E-state index contributed by atoms with van der Waals surface area (Å²) in [7, 11) is 0. The van der Waals surface area contributed by atoms with Gasteiger partial charge in [-0.2, -0.15) is 0 Å². The Morgan fingerprint density at radius 1 is 1.00 bits per heavy atom. The maximum Gasteiger partial charge on any atom is 0.127 e. The normalized spacial score (nSPS) is 21.7. The van der Waals surface area contributed by atoms with Gasteiger partial charge in [0, 0.05) is 24.2 Å². The summed E-state index contributed by atoms with van der Waals surface area (Å²) in [6, 6.07) is 11.0. The highest BCUT2D eigenvalue weighted by Crippen LogP contribution is 2.44. The Morgan fingerprint density at radius 2 is 1.62 bits per heavy atom. The molecule has 0 amide bonds. The molecule has 0 saturated carbocycles. The van der Waals surface area contributed by atoms with Gasteiger partial charge in [0.25, 0.3) is 0 Å². The molecule has 0 aliphatic carbocycles. The quantitative estimate of drug-likeness (QED) is 0.505. The summed E-state index contributed by atoms with van der Waals surface area (Å²) in [5.41, 5.74) is 13.5. The zero-order valence-corrected chi connectivity index (χ0v) is 21.4. The van der Waals surface area contributed by atoms with Gasteiger partial charge in [-0.15, -0.1) is 34.0 Å². The topological polar surface area (TPSA) is 38.5 Å². The number of fused-ring (bicyclic) bond motifs is 1. The van der Waals surface area contributed by atoms with Gasteiger partial charge in [0.2, 0.25) is 0 Å². The van der Waals surface area contributed by atoms with Crippen molar-refractivity contribution in [1.29, 1.82) is 0 Å². The molecule has 4 rings (SSSR count). The van der Waals surface area contributed by atoms with Crippen molar-refractivity contribution in [2.45, 2.75) is 58.5 Å². The third-order valence-electron chi connectivity index (χ3n) is 6.75. The van der Waals surface area contributed by atoms with E-state index < -0.39 is 0 Å². The molecule has 3 nitrogen and oxygen atoms in total. The van der Waals surface area contributed by atoms with E-state index in [9.17, 15) is 0 Å². The van der Waals surface area contributed by atoms with Gasteiger partial charge in [-0.3, -0.25) is 4.90 Å². The van der Waals surface area contributed by atoms with Crippen molar-refractivity contribution in [3.05, 3.63) is 58.1 Å². The highest BCUT2D eigenvalue weighted by atomic mass is 79.9. The molecule has 0 unspecified atom stereocenters. The number of benzene rings is 2. The van der Waals surface area contributed by atoms with Crippen LogP contribution in [0.2, 0.25) is 0 Å². The Morgan fingerprint density at radius 3 is 2.24 bits per heavy atom. The molecule has 0 spiro atoms. The number of nitrogens with zero attached hydrogens (tertiary/aromatic N) is 1. The molecule has 0 aromatic heterocycles. The van der Waals surface area contributed by atoms with Gasteiger partial charge in [-0.25, -0.2) is 0 Å². The summed E-state index contributed by atoms with van der Waals surface area (Å²) in [6.45, 7) is 11.9. The van der Waals surface area contributed by atoms with E-state index in [1.807, 2.05) is 0 Å². The predicted molar refractivity (Wildman–Crippen MR) is 133 cm³/mol. The third kappa shape index (κ3) is 4.67. The van der Waals surface area contributed by atoms with E-state index >= 15 is 0 Å². The first kappa shape index (κ1) is 24.2. The SMILES string of the molecule is Br.Br.Cc1c(C)c2c(c(C)c1N)C[C@](C)(CN1CCC(c3ccccc3)CC1)O2. The Labute approximate surface area is 196 Å². The zero-order chi connectivity index (χ0) is 19.2. The molecule has 0 radical (unpaired) electrons. The second-order valence-electron chi connectivity index (χ2n) is 8.79. The molecule has 2 aliphatic rings. The van der Waals surface area contributed by atoms with Gasteiger partial charge in [0.15, 0.2) is 0 Å². The molecular formula is C24H34Br2N2O. The van der Waals surface area contributed by atoms with Crippen molar-refractivity contribution in [1.82, 2.24) is 4.90 Å². The van der Waals surface area contributed by atoms with Crippen molar-refractivity contribution in [3.8, 4) is 5.75 Å². The summed E-state index contributed by atoms with van der Waals surface area (Å²) >= 11 is 0. The van der Waals surface area contributed by atoms with E-state index in [0.717, 1.165) is 37.5 Å². The molecular weight excluding hydrogens is 492 g/mol. The molecule has 2 aromatic carbocycles. The molecule has 29 heavy (non-hydrogen) atoms. The van der Waals surface area contributed by atoms with Crippen LogP contribution in [0.15, 0.2) is 30.3 Å². The monoisotopic (exact) mass is 524 g/mol. The van der Waals surface area contributed by atoms with Crippen molar-refractivity contribution in [3.63, 3.8) is 0 Å². The smallest absolute Gasteiger partial charge is 0.127 e. The summed E-state index contributed by atoms with van der Waals surface area (Å²) in [5.74, 6) is 1.78. The van der Waals surface area contributed by atoms with Gasteiger partial charge in [-0.05, 0) is 81.8 Å². The Balaban J connectivity index is 0.00000150. The van der Waals surface area contributed by atoms with Crippen molar-refractivity contribution in [2.75, 3.05) is 25.4 Å². The van der Waals surface area contributed by atoms with Crippen LogP contribution in [-0.4, -0.2) is 30.1 Å². The highest BCUT2D eigenvalue weighted by Gasteiger charge is 2.39. The van der Waals surface area contributed by atoms with Crippen LogP contribution in [0.25, 0.3) is 0 Å². The zero-order valence-electron chi connectivity index (χ0n) is 18.0. The van der Waals surface area contributed by atoms with E-state index in [4.69, 9.17) is 10.5 Å². The standard InChI is InChI=1S/C24H32N2O.2BrH/c1-16-17(2)23-21(18(3)22(16)25)14-24(4,27-23)15-26-12-10-20(11-13-26)19-8-6-5-7-9-19;;/h5-9,20H,10-15,25H2,1-4H3;2*1H/t24-;;/m1../s1. The van der Waals surface area contributed by atoms with Crippen LogP contribution in [-0.2, 0) is 6.42 Å². The molecule has 2 heterocycles. The molecule has 1 fully saturated rings. The number of nitrogens with two attached hydrogens (primary N) is 1.